The zero-order valence-corrected chi connectivity index (χ0v) is 18.6. The number of anilines is 1. The van der Waals surface area contributed by atoms with Gasteiger partial charge in [-0.15, -0.1) is 0 Å². The maximum atomic E-state index is 12.7. The van der Waals surface area contributed by atoms with Crippen LogP contribution in [-0.4, -0.2) is 63.9 Å². The molecule has 0 saturated carbocycles. The van der Waals surface area contributed by atoms with Gasteiger partial charge in [0.05, 0.1) is 36.2 Å². The van der Waals surface area contributed by atoms with Crippen LogP contribution in [0.1, 0.15) is 18.7 Å². The monoisotopic (exact) mass is 466 g/mol. The summed E-state index contributed by atoms with van der Waals surface area (Å²) in [6.45, 7) is 7.01. The first-order chi connectivity index (χ1) is 15.0. The Kier molecular flexibility index (Phi) is 7.09. The number of benzene rings is 1. The van der Waals surface area contributed by atoms with E-state index in [2.05, 4.69) is 25.2 Å². The van der Waals surface area contributed by atoms with E-state index in [0.717, 1.165) is 38.4 Å². The summed E-state index contributed by atoms with van der Waals surface area (Å²) < 4.78 is 13.0. The molecular weight excluding hydrogens is 443 g/mol. The van der Waals surface area contributed by atoms with Crippen LogP contribution in [0, 0.1) is 0 Å². The van der Waals surface area contributed by atoms with Crippen molar-refractivity contribution in [1.82, 2.24) is 24.4 Å². The summed E-state index contributed by atoms with van der Waals surface area (Å²) >= 11 is 12.0. The van der Waals surface area contributed by atoms with Gasteiger partial charge in [0.25, 0.3) is 5.56 Å². The molecule has 3 aromatic rings. The molecule has 11 heteroatoms. The van der Waals surface area contributed by atoms with Crippen molar-refractivity contribution < 1.29 is 9.47 Å². The molecule has 0 aliphatic carbocycles. The third-order valence-electron chi connectivity index (χ3n) is 5.15. The molecule has 1 aliphatic rings. The van der Waals surface area contributed by atoms with Gasteiger partial charge in [-0.1, -0.05) is 29.3 Å². The lowest BCUT2D eigenvalue weighted by Gasteiger charge is -2.27. The predicted octanol–water partition coefficient (Wildman–Crippen LogP) is 2.91. The highest BCUT2D eigenvalue weighted by molar-refractivity contribution is 6.42. The molecule has 2 aromatic heterocycles. The number of rotatable bonds is 8. The molecule has 2 N–H and O–H groups in total. The topological polar surface area (TPSA) is 97.3 Å². The zero-order valence-electron chi connectivity index (χ0n) is 17.1. The number of morpholine rings is 1. The van der Waals surface area contributed by atoms with E-state index in [9.17, 15) is 4.79 Å². The lowest BCUT2D eigenvalue weighted by molar-refractivity contribution is -0.0147. The average Bonchev–Trinajstić information content (AvgIpc) is 3.20. The maximum absolute atomic E-state index is 12.7. The van der Waals surface area contributed by atoms with Gasteiger partial charge in [-0.3, -0.25) is 19.2 Å². The maximum Gasteiger partial charge on any atom is 0.278 e. The number of aromatic amines is 1. The van der Waals surface area contributed by atoms with Gasteiger partial charge >= 0.3 is 0 Å². The molecule has 166 valence electrons. The molecule has 1 unspecified atom stereocenters. The average molecular weight is 467 g/mol. The Balaban J connectivity index is 1.40. The lowest BCUT2D eigenvalue weighted by atomic mass is 10.2. The largest absolute Gasteiger partial charge is 0.379 e. The quantitative estimate of drug-likeness (QED) is 0.526. The van der Waals surface area contributed by atoms with Crippen LogP contribution in [0.5, 0.6) is 0 Å². The second-order valence-corrected chi connectivity index (χ2v) is 8.08. The third kappa shape index (κ3) is 5.36. The van der Waals surface area contributed by atoms with Crippen molar-refractivity contribution in [2.24, 2.45) is 0 Å². The first-order valence-electron chi connectivity index (χ1n) is 10.1. The summed E-state index contributed by atoms with van der Waals surface area (Å²) in [4.78, 5) is 26.5. The molecule has 0 bridgehead atoms. The second kappa shape index (κ2) is 9.97. The van der Waals surface area contributed by atoms with E-state index in [1.54, 1.807) is 23.0 Å². The molecule has 4 rings (SSSR count). The van der Waals surface area contributed by atoms with Gasteiger partial charge in [-0.05, 0) is 24.6 Å². The van der Waals surface area contributed by atoms with Crippen molar-refractivity contribution in [3.63, 3.8) is 0 Å². The van der Waals surface area contributed by atoms with Crippen molar-refractivity contribution in [3.05, 3.63) is 50.5 Å². The van der Waals surface area contributed by atoms with Crippen LogP contribution in [0.25, 0.3) is 11.2 Å². The van der Waals surface area contributed by atoms with Crippen LogP contribution < -0.4 is 10.9 Å². The van der Waals surface area contributed by atoms with Gasteiger partial charge in [-0.2, -0.15) is 4.98 Å². The number of aromatic nitrogens is 4. The highest BCUT2D eigenvalue weighted by atomic mass is 35.5. The Morgan fingerprint density at radius 2 is 2.10 bits per heavy atom. The van der Waals surface area contributed by atoms with Gasteiger partial charge < -0.3 is 14.8 Å². The minimum Gasteiger partial charge on any atom is -0.379 e. The molecule has 1 saturated heterocycles. The molecular formula is C20H24Cl2N6O3. The van der Waals surface area contributed by atoms with Crippen LogP contribution >= 0.6 is 23.2 Å². The Bertz CT molecular complexity index is 1100. The van der Waals surface area contributed by atoms with E-state index in [-0.39, 0.29) is 11.8 Å². The Morgan fingerprint density at radius 1 is 1.29 bits per heavy atom. The van der Waals surface area contributed by atoms with Crippen LogP contribution in [-0.2, 0) is 16.0 Å². The van der Waals surface area contributed by atoms with Gasteiger partial charge in [0.2, 0.25) is 5.95 Å². The van der Waals surface area contributed by atoms with Crippen molar-refractivity contribution in [1.29, 1.82) is 0 Å². The molecule has 0 amide bonds. The van der Waals surface area contributed by atoms with Crippen molar-refractivity contribution in [2.75, 3.05) is 44.8 Å². The second-order valence-electron chi connectivity index (χ2n) is 7.26. The number of nitrogens with zero attached hydrogens (tertiary/aromatic N) is 4. The fourth-order valence-electron chi connectivity index (χ4n) is 3.40. The van der Waals surface area contributed by atoms with Crippen LogP contribution in [0.3, 0.4) is 0 Å². The molecule has 1 aromatic carbocycles. The summed E-state index contributed by atoms with van der Waals surface area (Å²) in [6, 6.07) is 5.34. The molecule has 31 heavy (non-hydrogen) atoms. The highest BCUT2D eigenvalue weighted by Crippen LogP contribution is 2.23. The third-order valence-corrected chi connectivity index (χ3v) is 5.88. The summed E-state index contributed by atoms with van der Waals surface area (Å²) in [5, 5.41) is 4.05. The van der Waals surface area contributed by atoms with E-state index in [4.69, 9.17) is 32.7 Å². The highest BCUT2D eigenvalue weighted by Gasteiger charge is 2.16. The number of imidazole rings is 1. The first kappa shape index (κ1) is 22.0. The van der Waals surface area contributed by atoms with E-state index in [1.807, 2.05) is 13.0 Å². The van der Waals surface area contributed by atoms with Crippen molar-refractivity contribution in [3.8, 4) is 0 Å². The van der Waals surface area contributed by atoms with Crippen molar-refractivity contribution >= 4 is 40.3 Å². The first-order valence-corrected chi connectivity index (χ1v) is 10.8. The molecule has 9 nitrogen and oxygen atoms in total. The van der Waals surface area contributed by atoms with E-state index >= 15 is 0 Å². The lowest BCUT2D eigenvalue weighted by Crippen LogP contribution is -2.38. The van der Waals surface area contributed by atoms with E-state index in [0.29, 0.717) is 40.3 Å². The minimum atomic E-state index is -0.344. The number of halogens is 2. The summed E-state index contributed by atoms with van der Waals surface area (Å²) in [6.07, 6.45) is 1.23. The Hall–Kier alpha value is -2.17. The van der Waals surface area contributed by atoms with Crippen molar-refractivity contribution in [2.45, 2.75) is 19.7 Å². The smallest absolute Gasteiger partial charge is 0.278 e. The van der Waals surface area contributed by atoms with Crippen LogP contribution in [0.4, 0.5) is 5.95 Å². The van der Waals surface area contributed by atoms with Gasteiger partial charge in [0.15, 0.2) is 11.2 Å². The summed E-state index contributed by atoms with van der Waals surface area (Å²) in [5.41, 5.74) is 1.34. The molecule has 3 heterocycles. The normalized spacial score (nSPS) is 16.0. The number of fused-ring (bicyclic) bond motifs is 1. The number of nitrogens with one attached hydrogen (secondary N) is 2. The van der Waals surface area contributed by atoms with E-state index < -0.39 is 0 Å². The molecule has 1 atom stereocenters. The van der Waals surface area contributed by atoms with Gasteiger partial charge in [0.1, 0.15) is 6.23 Å². The van der Waals surface area contributed by atoms with Crippen LogP contribution in [0.15, 0.2) is 29.3 Å². The zero-order chi connectivity index (χ0) is 21.8. The SMILES string of the molecule is CC(OCCN1CCOCC1)n1cnc2nc(NCc3ccc(Cl)c(Cl)c3)[nH]c(=O)c21. The van der Waals surface area contributed by atoms with Gasteiger partial charge in [0, 0.05) is 26.2 Å². The minimum absolute atomic E-state index is 0.289. The molecule has 1 aliphatic heterocycles. The fraction of sp³-hybridized carbons (Fsp3) is 0.450. The number of ether oxygens (including phenoxy) is 2. The fourth-order valence-corrected chi connectivity index (χ4v) is 3.73. The van der Waals surface area contributed by atoms with E-state index in [1.165, 1.54) is 0 Å². The van der Waals surface area contributed by atoms with Gasteiger partial charge in [-0.25, -0.2) is 4.98 Å². The molecule has 0 radical (unpaired) electrons. The number of hydrogen-bond donors (Lipinski definition) is 2. The Morgan fingerprint density at radius 3 is 2.87 bits per heavy atom. The predicted molar refractivity (Wildman–Crippen MR) is 120 cm³/mol. The summed E-state index contributed by atoms with van der Waals surface area (Å²) in [5.74, 6) is 0.328. The summed E-state index contributed by atoms with van der Waals surface area (Å²) in [7, 11) is 0. The Labute approximate surface area is 189 Å². The standard InChI is InChI=1S/C20H24Cl2N6O3/c1-13(31-9-6-27-4-7-30-8-5-27)28-12-24-18-17(28)19(29)26-20(25-18)23-11-14-2-3-15(21)16(22)10-14/h2-3,10,12-13H,4-9,11H2,1H3,(H2,23,25,26,29). The molecule has 0 spiro atoms. The molecule has 1 fully saturated rings. The number of hydrogen-bond acceptors (Lipinski definition) is 7. The number of H-pyrrole nitrogens is 1. The van der Waals surface area contributed by atoms with Crippen LogP contribution in [0.2, 0.25) is 10.0 Å².